The lowest BCUT2D eigenvalue weighted by atomic mass is 9.96. The molecule has 2 bridgehead atoms. The number of piperidine rings is 1. The maximum absolute atomic E-state index is 12.4. The van der Waals surface area contributed by atoms with E-state index in [1.54, 1.807) is 0 Å². The van der Waals surface area contributed by atoms with Gasteiger partial charge in [0.2, 0.25) is 5.91 Å². The molecule has 2 aromatic carbocycles. The highest BCUT2D eigenvalue weighted by atomic mass is 16.5. The summed E-state index contributed by atoms with van der Waals surface area (Å²) in [5.41, 5.74) is 3.55. The minimum Gasteiger partial charge on any atom is -0.379 e. The number of nitrogens with zero attached hydrogens (tertiary/aromatic N) is 2. The van der Waals surface area contributed by atoms with Gasteiger partial charge in [-0.1, -0.05) is 42.5 Å². The van der Waals surface area contributed by atoms with Crippen LogP contribution >= 0.6 is 0 Å². The van der Waals surface area contributed by atoms with E-state index in [-0.39, 0.29) is 5.91 Å². The van der Waals surface area contributed by atoms with E-state index in [9.17, 15) is 4.79 Å². The Labute approximate surface area is 203 Å². The second-order valence-corrected chi connectivity index (χ2v) is 10.0. The van der Waals surface area contributed by atoms with Crippen LogP contribution in [0.5, 0.6) is 0 Å². The van der Waals surface area contributed by atoms with Gasteiger partial charge in [-0.05, 0) is 48.9 Å². The summed E-state index contributed by atoms with van der Waals surface area (Å²) >= 11 is 0. The molecule has 0 saturated carbocycles. The molecule has 3 aliphatic heterocycles. The number of amides is 1. The average molecular weight is 463 g/mol. The highest BCUT2D eigenvalue weighted by Crippen LogP contribution is 2.37. The van der Waals surface area contributed by atoms with Crippen molar-refractivity contribution >= 4 is 11.6 Å². The Morgan fingerprint density at radius 1 is 0.941 bits per heavy atom. The fourth-order valence-corrected chi connectivity index (χ4v) is 5.82. The summed E-state index contributed by atoms with van der Waals surface area (Å²) < 4.78 is 5.38. The van der Waals surface area contributed by atoms with Crippen LogP contribution in [-0.2, 0) is 22.6 Å². The van der Waals surface area contributed by atoms with Crippen molar-refractivity contribution in [3.8, 4) is 0 Å². The van der Waals surface area contributed by atoms with Crippen LogP contribution in [0.4, 0.5) is 5.69 Å². The molecule has 3 fully saturated rings. The first kappa shape index (κ1) is 23.5. The zero-order valence-corrected chi connectivity index (χ0v) is 20.1. The second kappa shape index (κ2) is 11.5. The number of carbonyl (C=O) groups excluding carboxylic acids is 1. The molecule has 182 valence electrons. The van der Waals surface area contributed by atoms with E-state index in [0.29, 0.717) is 24.5 Å². The Morgan fingerprint density at radius 3 is 2.44 bits per heavy atom. The van der Waals surface area contributed by atoms with Crippen LogP contribution in [0.1, 0.15) is 43.2 Å². The van der Waals surface area contributed by atoms with Crippen LogP contribution in [0.3, 0.4) is 0 Å². The Hall–Kier alpha value is -2.25. The van der Waals surface area contributed by atoms with Gasteiger partial charge in [0.25, 0.3) is 0 Å². The first-order valence-electron chi connectivity index (χ1n) is 12.9. The van der Waals surface area contributed by atoms with E-state index in [0.717, 1.165) is 51.6 Å². The lowest BCUT2D eigenvalue weighted by Crippen LogP contribution is -2.48. The Kier molecular flexibility index (Phi) is 7.91. The zero-order valence-electron chi connectivity index (χ0n) is 20.1. The monoisotopic (exact) mass is 462 g/mol. The predicted molar refractivity (Wildman–Crippen MR) is 136 cm³/mol. The summed E-state index contributed by atoms with van der Waals surface area (Å²) in [7, 11) is 0. The quantitative estimate of drug-likeness (QED) is 0.596. The lowest BCUT2D eigenvalue weighted by molar-refractivity contribution is -0.116. The molecular weight excluding hydrogens is 424 g/mol. The van der Waals surface area contributed by atoms with Gasteiger partial charge in [-0.3, -0.25) is 14.6 Å². The maximum atomic E-state index is 12.4. The number of anilines is 1. The second-order valence-electron chi connectivity index (χ2n) is 10.0. The van der Waals surface area contributed by atoms with E-state index < -0.39 is 0 Å². The molecular formula is C28H38N4O2. The van der Waals surface area contributed by atoms with Gasteiger partial charge in [0.05, 0.1) is 13.2 Å². The van der Waals surface area contributed by atoms with E-state index in [2.05, 4.69) is 62.9 Å². The maximum Gasteiger partial charge on any atom is 0.225 e. The van der Waals surface area contributed by atoms with Crippen molar-refractivity contribution in [2.75, 3.05) is 38.2 Å². The standard InChI is InChI=1S/C28H38N4O2/c33-28(11-12-31-13-15-34-16-14-31)30-24-8-4-7-23(17-24)20-29-25-18-26-9-10-27(19-25)32(26)21-22-5-2-1-3-6-22/h1-8,17,25-27,29H,9-16,18-21H2,(H,30,33). The first-order valence-corrected chi connectivity index (χ1v) is 12.9. The molecule has 2 aromatic rings. The third kappa shape index (κ3) is 6.25. The van der Waals surface area contributed by atoms with E-state index in [1.165, 1.54) is 36.8 Å². The molecule has 1 amide bonds. The lowest BCUT2D eigenvalue weighted by Gasteiger charge is -2.39. The summed E-state index contributed by atoms with van der Waals surface area (Å²) in [4.78, 5) is 17.5. The summed E-state index contributed by atoms with van der Waals surface area (Å²) in [6, 6.07) is 21.1. The predicted octanol–water partition coefficient (Wildman–Crippen LogP) is 3.63. The number of ether oxygens (including phenoxy) is 1. The molecule has 34 heavy (non-hydrogen) atoms. The zero-order chi connectivity index (χ0) is 23.2. The third-order valence-corrected chi connectivity index (χ3v) is 7.66. The summed E-state index contributed by atoms with van der Waals surface area (Å²) in [5.74, 6) is 0.0824. The number of carbonyl (C=O) groups is 1. The highest BCUT2D eigenvalue weighted by molar-refractivity contribution is 5.90. The Morgan fingerprint density at radius 2 is 1.68 bits per heavy atom. The molecule has 6 heteroatoms. The highest BCUT2D eigenvalue weighted by Gasteiger charge is 2.40. The summed E-state index contributed by atoms with van der Waals surface area (Å²) in [6.45, 7) is 6.09. The fourth-order valence-electron chi connectivity index (χ4n) is 5.82. The fraction of sp³-hybridized carbons (Fsp3) is 0.536. The van der Waals surface area contributed by atoms with Crippen molar-refractivity contribution < 1.29 is 9.53 Å². The number of fused-ring (bicyclic) bond motifs is 2. The molecule has 0 aromatic heterocycles. The van der Waals surface area contributed by atoms with Gasteiger partial charge >= 0.3 is 0 Å². The molecule has 3 aliphatic rings. The van der Waals surface area contributed by atoms with Crippen molar-refractivity contribution in [3.05, 3.63) is 65.7 Å². The van der Waals surface area contributed by atoms with Gasteiger partial charge in [-0.2, -0.15) is 0 Å². The Balaban J connectivity index is 1.07. The van der Waals surface area contributed by atoms with Crippen LogP contribution < -0.4 is 10.6 Å². The van der Waals surface area contributed by atoms with E-state index >= 15 is 0 Å². The summed E-state index contributed by atoms with van der Waals surface area (Å²) in [5, 5.41) is 6.90. The van der Waals surface area contributed by atoms with Crippen LogP contribution in [0, 0.1) is 0 Å². The molecule has 0 radical (unpaired) electrons. The van der Waals surface area contributed by atoms with Crippen LogP contribution in [0.15, 0.2) is 54.6 Å². The molecule has 3 saturated heterocycles. The molecule has 2 atom stereocenters. The largest absolute Gasteiger partial charge is 0.379 e. The smallest absolute Gasteiger partial charge is 0.225 e. The molecule has 2 N–H and O–H groups in total. The van der Waals surface area contributed by atoms with Crippen LogP contribution in [0.2, 0.25) is 0 Å². The molecule has 5 rings (SSSR count). The number of nitrogens with one attached hydrogen (secondary N) is 2. The number of rotatable bonds is 9. The van der Waals surface area contributed by atoms with Gasteiger partial charge in [0.1, 0.15) is 0 Å². The molecule has 6 nitrogen and oxygen atoms in total. The molecule has 3 heterocycles. The van der Waals surface area contributed by atoms with Crippen molar-refractivity contribution in [3.63, 3.8) is 0 Å². The minimum absolute atomic E-state index is 0.0824. The summed E-state index contributed by atoms with van der Waals surface area (Å²) in [6.07, 6.45) is 5.61. The minimum atomic E-state index is 0.0824. The number of hydrogen-bond donors (Lipinski definition) is 2. The van der Waals surface area contributed by atoms with Gasteiger partial charge in [-0.15, -0.1) is 0 Å². The van der Waals surface area contributed by atoms with Crippen molar-refractivity contribution in [2.24, 2.45) is 0 Å². The van der Waals surface area contributed by atoms with E-state index in [4.69, 9.17) is 4.74 Å². The van der Waals surface area contributed by atoms with Crippen LogP contribution in [0.25, 0.3) is 0 Å². The number of morpholine rings is 1. The van der Waals surface area contributed by atoms with Gasteiger partial charge in [0.15, 0.2) is 0 Å². The Bertz CT molecular complexity index is 917. The average Bonchev–Trinajstić information content (AvgIpc) is 3.09. The SMILES string of the molecule is O=C(CCN1CCOCC1)Nc1cccc(CNC2CC3CCC(C2)N3Cc2ccccc2)c1. The third-order valence-electron chi connectivity index (χ3n) is 7.66. The van der Waals surface area contributed by atoms with Crippen molar-refractivity contribution in [1.29, 1.82) is 0 Å². The van der Waals surface area contributed by atoms with Crippen molar-refractivity contribution in [2.45, 2.75) is 63.3 Å². The number of benzene rings is 2. The molecule has 2 unspecified atom stereocenters. The van der Waals surface area contributed by atoms with Crippen molar-refractivity contribution in [1.82, 2.24) is 15.1 Å². The first-order chi connectivity index (χ1) is 16.7. The molecule has 0 spiro atoms. The van der Waals surface area contributed by atoms with Gasteiger partial charge < -0.3 is 15.4 Å². The molecule has 0 aliphatic carbocycles. The van der Waals surface area contributed by atoms with Gasteiger partial charge in [-0.25, -0.2) is 0 Å². The topological polar surface area (TPSA) is 56.8 Å². The van der Waals surface area contributed by atoms with E-state index in [1.807, 2.05) is 12.1 Å². The number of hydrogen-bond acceptors (Lipinski definition) is 5. The normalized spacial score (nSPS) is 25.4. The van der Waals surface area contributed by atoms with Crippen LogP contribution in [-0.4, -0.2) is 66.7 Å². The van der Waals surface area contributed by atoms with Gasteiger partial charge in [0, 0.05) is 63.0 Å².